The number of amides is 1. The van der Waals surface area contributed by atoms with Crippen molar-refractivity contribution < 1.29 is 4.79 Å². The van der Waals surface area contributed by atoms with Crippen LogP contribution in [0.5, 0.6) is 0 Å². The zero-order chi connectivity index (χ0) is 12.1. The minimum Gasteiger partial charge on any atom is -0.350 e. The van der Waals surface area contributed by atoms with Gasteiger partial charge in [-0.2, -0.15) is 0 Å². The van der Waals surface area contributed by atoms with Crippen LogP contribution in [0.3, 0.4) is 0 Å². The molecule has 2 nitrogen and oxygen atoms in total. The van der Waals surface area contributed by atoms with Gasteiger partial charge in [-0.15, -0.1) is 0 Å². The number of hydrogen-bond donors (Lipinski definition) is 1. The van der Waals surface area contributed by atoms with Crippen molar-refractivity contribution in [2.45, 2.75) is 45.1 Å². The Hall–Kier alpha value is -1.31. The summed E-state index contributed by atoms with van der Waals surface area (Å²) in [6.45, 7) is 2.04. The Morgan fingerprint density at radius 2 is 1.94 bits per heavy atom. The molecule has 1 atom stereocenters. The molecule has 1 amide bonds. The highest BCUT2D eigenvalue weighted by Crippen LogP contribution is 2.27. The molecule has 1 aromatic rings. The van der Waals surface area contributed by atoms with E-state index in [2.05, 4.69) is 17.4 Å². The van der Waals surface area contributed by atoms with Gasteiger partial charge in [-0.05, 0) is 31.2 Å². The predicted octanol–water partition coefficient (Wildman–Crippen LogP) is 3.44. The maximum Gasteiger partial charge on any atom is 0.220 e. The third-order valence-corrected chi connectivity index (χ3v) is 3.63. The Labute approximate surface area is 103 Å². The van der Waals surface area contributed by atoms with E-state index in [1.165, 1.54) is 31.2 Å². The molecule has 1 saturated carbocycles. The lowest BCUT2D eigenvalue weighted by molar-refractivity contribution is -0.122. The molecule has 1 aliphatic rings. The average molecular weight is 231 g/mol. The lowest BCUT2D eigenvalue weighted by Crippen LogP contribution is -2.27. The van der Waals surface area contributed by atoms with Crippen molar-refractivity contribution in [3.05, 3.63) is 35.9 Å². The largest absolute Gasteiger partial charge is 0.350 e. The van der Waals surface area contributed by atoms with E-state index in [0.29, 0.717) is 12.3 Å². The molecule has 1 aliphatic carbocycles. The fourth-order valence-electron chi connectivity index (χ4n) is 2.60. The third-order valence-electron chi connectivity index (χ3n) is 3.63. The topological polar surface area (TPSA) is 29.1 Å². The normalized spacial score (nSPS) is 17.9. The van der Waals surface area contributed by atoms with Crippen LogP contribution in [0, 0.1) is 5.92 Å². The molecule has 2 rings (SSSR count). The van der Waals surface area contributed by atoms with Crippen LogP contribution in [0.25, 0.3) is 0 Å². The zero-order valence-corrected chi connectivity index (χ0v) is 10.5. The van der Waals surface area contributed by atoms with Gasteiger partial charge in [0.2, 0.25) is 5.91 Å². The summed E-state index contributed by atoms with van der Waals surface area (Å²) in [6.07, 6.45) is 5.76. The van der Waals surface area contributed by atoms with E-state index in [4.69, 9.17) is 0 Å². The van der Waals surface area contributed by atoms with Crippen LogP contribution in [0.4, 0.5) is 0 Å². The van der Waals surface area contributed by atoms with Gasteiger partial charge in [0.1, 0.15) is 0 Å². The second kappa shape index (κ2) is 5.85. The molecule has 1 fully saturated rings. The maximum absolute atomic E-state index is 11.9. The van der Waals surface area contributed by atoms with Gasteiger partial charge < -0.3 is 5.32 Å². The molecule has 0 saturated heterocycles. The van der Waals surface area contributed by atoms with Gasteiger partial charge in [0.25, 0.3) is 0 Å². The fraction of sp³-hybridized carbons (Fsp3) is 0.533. The molecule has 17 heavy (non-hydrogen) atoms. The molecule has 0 unspecified atom stereocenters. The zero-order valence-electron chi connectivity index (χ0n) is 10.5. The summed E-state index contributed by atoms with van der Waals surface area (Å²) in [5, 5.41) is 3.08. The molecule has 92 valence electrons. The molecule has 0 aliphatic heterocycles. The number of carbonyl (C=O) groups excluding carboxylic acids is 1. The summed E-state index contributed by atoms with van der Waals surface area (Å²) in [5.74, 6) is 0.825. The molecular formula is C15H21NO. The first-order chi connectivity index (χ1) is 8.25. The Kier molecular flexibility index (Phi) is 4.18. The van der Waals surface area contributed by atoms with E-state index in [1.807, 2.05) is 25.1 Å². The molecule has 0 aromatic heterocycles. The second-order valence-corrected chi connectivity index (χ2v) is 5.05. The van der Waals surface area contributed by atoms with Crippen LogP contribution >= 0.6 is 0 Å². The Morgan fingerprint density at radius 3 is 2.59 bits per heavy atom. The third kappa shape index (κ3) is 3.58. The number of rotatable bonds is 4. The van der Waals surface area contributed by atoms with E-state index in [0.717, 1.165) is 0 Å². The summed E-state index contributed by atoms with van der Waals surface area (Å²) >= 11 is 0. The van der Waals surface area contributed by atoms with Crippen molar-refractivity contribution >= 4 is 5.91 Å². The monoisotopic (exact) mass is 231 g/mol. The molecule has 0 radical (unpaired) electrons. The van der Waals surface area contributed by atoms with Gasteiger partial charge in [0, 0.05) is 6.42 Å². The van der Waals surface area contributed by atoms with E-state index < -0.39 is 0 Å². The SMILES string of the molecule is C[C@@H](NC(=O)CC1CCCC1)c1ccccc1. The number of carbonyl (C=O) groups is 1. The first-order valence-corrected chi connectivity index (χ1v) is 6.60. The lowest BCUT2D eigenvalue weighted by atomic mass is 10.0. The van der Waals surface area contributed by atoms with Crippen molar-refractivity contribution in [2.24, 2.45) is 5.92 Å². The van der Waals surface area contributed by atoms with E-state index in [1.54, 1.807) is 0 Å². The predicted molar refractivity (Wildman–Crippen MR) is 69.6 cm³/mol. The van der Waals surface area contributed by atoms with E-state index in [9.17, 15) is 4.79 Å². The number of hydrogen-bond acceptors (Lipinski definition) is 1. The van der Waals surface area contributed by atoms with E-state index in [-0.39, 0.29) is 11.9 Å². The lowest BCUT2D eigenvalue weighted by Gasteiger charge is -2.16. The summed E-state index contributed by atoms with van der Waals surface area (Å²) in [7, 11) is 0. The Bertz CT molecular complexity index is 354. The van der Waals surface area contributed by atoms with Gasteiger partial charge in [0.15, 0.2) is 0 Å². The molecule has 1 aromatic carbocycles. The van der Waals surface area contributed by atoms with Crippen LogP contribution in [-0.2, 0) is 4.79 Å². The molecule has 2 heteroatoms. The highest BCUT2D eigenvalue weighted by atomic mass is 16.1. The first-order valence-electron chi connectivity index (χ1n) is 6.60. The first kappa shape index (κ1) is 12.2. The Morgan fingerprint density at radius 1 is 1.29 bits per heavy atom. The quantitative estimate of drug-likeness (QED) is 0.845. The summed E-state index contributed by atoms with van der Waals surface area (Å²) in [5.41, 5.74) is 1.17. The van der Waals surface area contributed by atoms with Gasteiger partial charge >= 0.3 is 0 Å². The van der Waals surface area contributed by atoms with Crippen LogP contribution in [-0.4, -0.2) is 5.91 Å². The van der Waals surface area contributed by atoms with Crippen molar-refractivity contribution in [2.75, 3.05) is 0 Å². The molecular weight excluding hydrogens is 210 g/mol. The summed E-state index contributed by atoms with van der Waals surface area (Å²) in [6, 6.07) is 10.2. The molecule has 0 spiro atoms. The van der Waals surface area contributed by atoms with Gasteiger partial charge in [-0.25, -0.2) is 0 Å². The maximum atomic E-state index is 11.9. The van der Waals surface area contributed by atoms with Gasteiger partial charge in [-0.3, -0.25) is 4.79 Å². The van der Waals surface area contributed by atoms with Crippen molar-refractivity contribution in [1.29, 1.82) is 0 Å². The van der Waals surface area contributed by atoms with E-state index >= 15 is 0 Å². The smallest absolute Gasteiger partial charge is 0.220 e. The highest BCUT2D eigenvalue weighted by Gasteiger charge is 2.19. The molecule has 0 bridgehead atoms. The number of nitrogens with one attached hydrogen (secondary N) is 1. The Balaban J connectivity index is 1.81. The van der Waals surface area contributed by atoms with Crippen LogP contribution in [0.1, 0.15) is 50.6 Å². The summed E-state index contributed by atoms with van der Waals surface area (Å²) < 4.78 is 0. The fourth-order valence-corrected chi connectivity index (χ4v) is 2.60. The van der Waals surface area contributed by atoms with Gasteiger partial charge in [-0.1, -0.05) is 43.2 Å². The van der Waals surface area contributed by atoms with Crippen molar-refractivity contribution in [3.63, 3.8) is 0 Å². The van der Waals surface area contributed by atoms with Crippen molar-refractivity contribution in [3.8, 4) is 0 Å². The average Bonchev–Trinajstić information content (AvgIpc) is 2.82. The van der Waals surface area contributed by atoms with Crippen LogP contribution in [0.15, 0.2) is 30.3 Å². The number of benzene rings is 1. The van der Waals surface area contributed by atoms with Crippen molar-refractivity contribution in [1.82, 2.24) is 5.32 Å². The minimum atomic E-state index is 0.116. The van der Waals surface area contributed by atoms with Crippen LogP contribution < -0.4 is 5.32 Å². The summed E-state index contributed by atoms with van der Waals surface area (Å²) in [4.78, 5) is 11.9. The molecule has 1 N–H and O–H groups in total. The minimum absolute atomic E-state index is 0.116. The highest BCUT2D eigenvalue weighted by molar-refractivity contribution is 5.76. The van der Waals surface area contributed by atoms with Crippen LogP contribution in [0.2, 0.25) is 0 Å². The second-order valence-electron chi connectivity index (χ2n) is 5.05. The van der Waals surface area contributed by atoms with Gasteiger partial charge in [0.05, 0.1) is 6.04 Å². The molecule has 0 heterocycles. The standard InChI is InChI=1S/C15H21NO/c1-12(14-9-3-2-4-10-14)16-15(17)11-13-7-5-6-8-13/h2-4,9-10,12-13H,5-8,11H2,1H3,(H,16,17)/t12-/m1/s1.